The number of pyridine rings is 1. The molecule has 0 bridgehead atoms. The molecule has 1 aliphatic rings. The Labute approximate surface area is 80.3 Å². The summed E-state index contributed by atoms with van der Waals surface area (Å²) in [4.78, 5) is 14.4. The van der Waals surface area contributed by atoms with Gasteiger partial charge in [0.25, 0.3) is 0 Å². The number of carbonyl (C=O) groups is 1. The third kappa shape index (κ3) is 1.73. The summed E-state index contributed by atoms with van der Waals surface area (Å²) >= 11 is 0. The normalized spacial score (nSPS) is 26.3. The van der Waals surface area contributed by atoms with Crippen molar-refractivity contribution in [2.45, 2.75) is 12.4 Å². The van der Waals surface area contributed by atoms with Crippen LogP contribution in [0.5, 0.6) is 0 Å². The molecular formula is C9H9NO4. The Morgan fingerprint density at radius 2 is 2.50 bits per heavy atom. The van der Waals surface area contributed by atoms with E-state index in [4.69, 9.17) is 14.6 Å². The van der Waals surface area contributed by atoms with Gasteiger partial charge in [0.1, 0.15) is 0 Å². The van der Waals surface area contributed by atoms with E-state index in [2.05, 4.69) is 4.98 Å². The summed E-state index contributed by atoms with van der Waals surface area (Å²) in [5, 5.41) is 8.66. The summed E-state index contributed by atoms with van der Waals surface area (Å²) in [5.41, 5.74) is 0.733. The first-order valence-electron chi connectivity index (χ1n) is 4.17. The third-order valence-corrected chi connectivity index (χ3v) is 1.92. The minimum atomic E-state index is -1.00. The number of aliphatic carboxylic acids is 1. The number of carboxylic acid groups (broad SMARTS) is 1. The lowest BCUT2D eigenvalue weighted by molar-refractivity contribution is -0.150. The summed E-state index contributed by atoms with van der Waals surface area (Å²) in [7, 11) is 0. The molecule has 2 atom stereocenters. The van der Waals surface area contributed by atoms with E-state index >= 15 is 0 Å². The topological polar surface area (TPSA) is 68.7 Å². The zero-order valence-corrected chi connectivity index (χ0v) is 7.29. The van der Waals surface area contributed by atoms with E-state index in [1.165, 1.54) is 0 Å². The average Bonchev–Trinajstić information content (AvgIpc) is 2.68. The fraction of sp³-hybridized carbons (Fsp3) is 0.333. The Morgan fingerprint density at radius 1 is 1.64 bits per heavy atom. The minimum Gasteiger partial charge on any atom is -0.479 e. The molecule has 1 aromatic heterocycles. The number of hydrogen-bond donors (Lipinski definition) is 1. The van der Waals surface area contributed by atoms with Crippen LogP contribution in [0.1, 0.15) is 11.9 Å². The molecule has 1 saturated heterocycles. The Morgan fingerprint density at radius 3 is 3.07 bits per heavy atom. The quantitative estimate of drug-likeness (QED) is 0.747. The summed E-state index contributed by atoms with van der Waals surface area (Å²) < 4.78 is 10.3. The van der Waals surface area contributed by atoms with Crippen LogP contribution in [-0.4, -0.2) is 28.8 Å². The van der Waals surface area contributed by atoms with Crippen molar-refractivity contribution in [3.8, 4) is 0 Å². The molecule has 5 heteroatoms. The van der Waals surface area contributed by atoms with Gasteiger partial charge in [-0.1, -0.05) is 6.07 Å². The number of hydrogen-bond acceptors (Lipinski definition) is 4. The Bertz CT molecular complexity index is 327. The van der Waals surface area contributed by atoms with Crippen molar-refractivity contribution in [3.63, 3.8) is 0 Å². The maximum absolute atomic E-state index is 10.6. The molecule has 2 heterocycles. The fourth-order valence-corrected chi connectivity index (χ4v) is 1.22. The number of aromatic nitrogens is 1. The van der Waals surface area contributed by atoms with E-state index in [0.717, 1.165) is 5.56 Å². The smallest absolute Gasteiger partial charge is 0.335 e. The predicted molar refractivity (Wildman–Crippen MR) is 45.4 cm³/mol. The summed E-state index contributed by atoms with van der Waals surface area (Å²) in [6, 6.07) is 3.53. The minimum absolute atomic E-state index is 0.0783. The van der Waals surface area contributed by atoms with E-state index in [1.807, 2.05) is 0 Å². The zero-order valence-electron chi connectivity index (χ0n) is 7.29. The van der Waals surface area contributed by atoms with Gasteiger partial charge in [0.2, 0.25) is 0 Å². The molecule has 0 saturated carbocycles. The van der Waals surface area contributed by atoms with Crippen LogP contribution in [0.4, 0.5) is 0 Å². The first-order chi connectivity index (χ1) is 6.77. The van der Waals surface area contributed by atoms with Gasteiger partial charge in [-0.2, -0.15) is 0 Å². The van der Waals surface area contributed by atoms with Crippen LogP contribution in [-0.2, 0) is 14.3 Å². The summed E-state index contributed by atoms with van der Waals surface area (Å²) in [6.45, 7) is 0.0783. The molecular weight excluding hydrogens is 186 g/mol. The van der Waals surface area contributed by atoms with Gasteiger partial charge >= 0.3 is 5.97 Å². The van der Waals surface area contributed by atoms with Crippen molar-refractivity contribution in [3.05, 3.63) is 30.1 Å². The largest absolute Gasteiger partial charge is 0.479 e. The highest BCUT2D eigenvalue weighted by molar-refractivity contribution is 5.72. The molecule has 74 valence electrons. The van der Waals surface area contributed by atoms with Crippen molar-refractivity contribution in [2.75, 3.05) is 6.61 Å². The van der Waals surface area contributed by atoms with Gasteiger partial charge in [0.15, 0.2) is 12.4 Å². The second kappa shape index (κ2) is 3.73. The lowest BCUT2D eigenvalue weighted by atomic mass is 10.3. The van der Waals surface area contributed by atoms with Crippen molar-refractivity contribution in [1.82, 2.24) is 4.98 Å². The summed E-state index contributed by atoms with van der Waals surface area (Å²) in [6.07, 6.45) is 1.74. The fourth-order valence-electron chi connectivity index (χ4n) is 1.22. The standard InChI is InChI=1S/C9H9NO4/c11-8(12)7-5-13-9(14-7)6-2-1-3-10-4-6/h1-4,7,9H,5H2,(H,11,12). The van der Waals surface area contributed by atoms with Crippen LogP contribution in [0.3, 0.4) is 0 Å². The highest BCUT2D eigenvalue weighted by atomic mass is 16.7. The van der Waals surface area contributed by atoms with Crippen LogP contribution < -0.4 is 0 Å². The average molecular weight is 195 g/mol. The SMILES string of the molecule is O=C(O)C1COC(c2cccnc2)O1. The van der Waals surface area contributed by atoms with Crippen molar-refractivity contribution < 1.29 is 19.4 Å². The number of carboxylic acids is 1. The second-order valence-corrected chi connectivity index (χ2v) is 2.91. The van der Waals surface area contributed by atoms with Crippen molar-refractivity contribution in [2.24, 2.45) is 0 Å². The molecule has 0 aliphatic carbocycles. The number of rotatable bonds is 2. The zero-order chi connectivity index (χ0) is 9.97. The molecule has 1 aliphatic heterocycles. The van der Waals surface area contributed by atoms with Crippen LogP contribution in [0.2, 0.25) is 0 Å². The maximum atomic E-state index is 10.6. The van der Waals surface area contributed by atoms with Crippen LogP contribution in [0.15, 0.2) is 24.5 Å². The first-order valence-corrected chi connectivity index (χ1v) is 4.17. The van der Waals surface area contributed by atoms with Crippen LogP contribution in [0.25, 0.3) is 0 Å². The molecule has 2 unspecified atom stereocenters. The van der Waals surface area contributed by atoms with Crippen LogP contribution >= 0.6 is 0 Å². The second-order valence-electron chi connectivity index (χ2n) is 2.91. The van der Waals surface area contributed by atoms with E-state index in [9.17, 15) is 4.79 Å². The molecule has 5 nitrogen and oxygen atoms in total. The molecule has 0 aromatic carbocycles. The third-order valence-electron chi connectivity index (χ3n) is 1.92. The molecule has 0 spiro atoms. The van der Waals surface area contributed by atoms with E-state index in [1.54, 1.807) is 24.5 Å². The molecule has 0 amide bonds. The van der Waals surface area contributed by atoms with Gasteiger partial charge in [-0.25, -0.2) is 4.79 Å². The molecule has 1 aromatic rings. The van der Waals surface area contributed by atoms with Crippen molar-refractivity contribution in [1.29, 1.82) is 0 Å². The van der Waals surface area contributed by atoms with Gasteiger partial charge in [-0.3, -0.25) is 4.98 Å². The van der Waals surface area contributed by atoms with Gasteiger partial charge in [-0.05, 0) is 6.07 Å². The Balaban J connectivity index is 2.06. The lowest BCUT2D eigenvalue weighted by Crippen LogP contribution is -2.21. The lowest BCUT2D eigenvalue weighted by Gasteiger charge is -2.08. The van der Waals surface area contributed by atoms with Gasteiger partial charge < -0.3 is 14.6 Å². The van der Waals surface area contributed by atoms with Gasteiger partial charge in [0, 0.05) is 18.0 Å². The Kier molecular flexibility index (Phi) is 2.43. The Hall–Kier alpha value is -1.46. The number of nitrogens with zero attached hydrogens (tertiary/aromatic N) is 1. The van der Waals surface area contributed by atoms with E-state index in [0.29, 0.717) is 0 Å². The molecule has 1 N–H and O–H groups in total. The monoisotopic (exact) mass is 195 g/mol. The molecule has 1 fully saturated rings. The van der Waals surface area contributed by atoms with Crippen LogP contribution in [0, 0.1) is 0 Å². The van der Waals surface area contributed by atoms with Gasteiger partial charge in [-0.15, -0.1) is 0 Å². The summed E-state index contributed by atoms with van der Waals surface area (Å²) in [5.74, 6) is -1.00. The maximum Gasteiger partial charge on any atom is 0.335 e. The van der Waals surface area contributed by atoms with Crippen molar-refractivity contribution >= 4 is 5.97 Å². The first kappa shape index (κ1) is 9.11. The molecule has 0 radical (unpaired) electrons. The molecule has 2 rings (SSSR count). The highest BCUT2D eigenvalue weighted by Gasteiger charge is 2.32. The van der Waals surface area contributed by atoms with Gasteiger partial charge in [0.05, 0.1) is 6.61 Å². The predicted octanol–water partition coefficient (Wildman–Crippen LogP) is 0.580. The highest BCUT2D eigenvalue weighted by Crippen LogP contribution is 2.25. The van der Waals surface area contributed by atoms with E-state index < -0.39 is 18.4 Å². The molecule has 14 heavy (non-hydrogen) atoms. The van der Waals surface area contributed by atoms with E-state index in [-0.39, 0.29) is 6.61 Å². The number of ether oxygens (including phenoxy) is 2.